The molecule has 0 spiro atoms. The maximum atomic E-state index is 13.8. The summed E-state index contributed by atoms with van der Waals surface area (Å²) in [5.74, 6) is -0.688. The molecule has 3 atom stereocenters. The summed E-state index contributed by atoms with van der Waals surface area (Å²) < 4.78 is 95.8. The number of pyridine rings is 1. The molecule has 0 unspecified atom stereocenters. The van der Waals surface area contributed by atoms with Gasteiger partial charge in [-0.2, -0.15) is 26.3 Å². The molecule has 1 saturated heterocycles. The number of piperidine rings is 1. The van der Waals surface area contributed by atoms with Crippen LogP contribution in [0, 0.1) is 11.7 Å². The summed E-state index contributed by atoms with van der Waals surface area (Å²) >= 11 is 0. The van der Waals surface area contributed by atoms with E-state index in [1.165, 1.54) is 34.0 Å². The number of aromatic nitrogens is 4. The second kappa shape index (κ2) is 7.42. The van der Waals surface area contributed by atoms with E-state index in [2.05, 4.69) is 15.2 Å². The molecule has 174 valence electrons. The van der Waals surface area contributed by atoms with Gasteiger partial charge >= 0.3 is 12.4 Å². The van der Waals surface area contributed by atoms with E-state index in [1.807, 2.05) is 0 Å². The highest BCUT2D eigenvalue weighted by molar-refractivity contribution is 5.50. The third kappa shape index (κ3) is 3.80. The molecular weight excluding hydrogens is 455 g/mol. The van der Waals surface area contributed by atoms with Crippen LogP contribution in [0.4, 0.5) is 36.6 Å². The molecule has 2 fully saturated rings. The molecule has 1 aliphatic heterocycles. The molecule has 2 aliphatic rings. The van der Waals surface area contributed by atoms with E-state index >= 15 is 0 Å². The maximum absolute atomic E-state index is 13.8. The van der Waals surface area contributed by atoms with Crippen molar-refractivity contribution in [1.82, 2.24) is 19.7 Å². The van der Waals surface area contributed by atoms with Crippen molar-refractivity contribution in [1.29, 1.82) is 0 Å². The lowest BCUT2D eigenvalue weighted by molar-refractivity contribution is -0.145. The quantitative estimate of drug-likeness (QED) is 0.469. The number of anilines is 1. The highest BCUT2D eigenvalue weighted by Crippen LogP contribution is 2.52. The van der Waals surface area contributed by atoms with Gasteiger partial charge in [-0.05, 0) is 55.5 Å². The Morgan fingerprint density at radius 3 is 2.42 bits per heavy atom. The zero-order valence-corrected chi connectivity index (χ0v) is 16.8. The molecule has 12 heteroatoms. The molecule has 0 radical (unpaired) electrons. The first-order valence-electron chi connectivity index (χ1n) is 10.1. The lowest BCUT2D eigenvalue weighted by Gasteiger charge is -2.36. The first-order valence-corrected chi connectivity index (χ1v) is 10.1. The fourth-order valence-electron chi connectivity index (χ4n) is 4.88. The minimum atomic E-state index is -5.05. The molecule has 3 heterocycles. The Hall–Kier alpha value is -3.18. The van der Waals surface area contributed by atoms with Crippen LogP contribution in [0.2, 0.25) is 0 Å². The summed E-state index contributed by atoms with van der Waals surface area (Å²) in [6, 6.07) is 5.29. The van der Waals surface area contributed by atoms with Gasteiger partial charge in [0.25, 0.3) is 0 Å². The van der Waals surface area contributed by atoms with Crippen molar-refractivity contribution < 1.29 is 30.7 Å². The van der Waals surface area contributed by atoms with Gasteiger partial charge in [0.2, 0.25) is 0 Å². The highest BCUT2D eigenvalue weighted by atomic mass is 19.4. The third-order valence-electron chi connectivity index (χ3n) is 6.20. The molecule has 1 saturated carbocycles. The standard InChI is InChI=1S/C21H16F7N5/c22-13-2-1-3-14(9-13)32-10-29-31-19(32)18-11-4-5-15(6-11)33(18)17-8-12(20(23,24)25)7-16(30-17)21(26,27)28/h1-3,7-11,15,18H,4-6H2/t11-,15+,18-/m0/s1. The molecule has 2 aromatic heterocycles. The van der Waals surface area contributed by atoms with Gasteiger partial charge < -0.3 is 4.90 Å². The average Bonchev–Trinajstić information content (AvgIpc) is 3.47. The minimum absolute atomic E-state index is 0.0160. The lowest BCUT2D eigenvalue weighted by atomic mass is 9.97. The Bertz CT molecular complexity index is 1150. The predicted octanol–water partition coefficient (Wildman–Crippen LogP) is 5.57. The smallest absolute Gasteiger partial charge is 0.343 e. The summed E-state index contributed by atoms with van der Waals surface area (Å²) in [4.78, 5) is 5.06. The van der Waals surface area contributed by atoms with Crippen molar-refractivity contribution in [2.75, 3.05) is 4.90 Å². The molecule has 1 aromatic carbocycles. The van der Waals surface area contributed by atoms with Crippen LogP contribution >= 0.6 is 0 Å². The Kier molecular flexibility index (Phi) is 4.87. The average molecular weight is 471 g/mol. The topological polar surface area (TPSA) is 46.8 Å². The summed E-state index contributed by atoms with van der Waals surface area (Å²) in [6.07, 6.45) is -6.78. The van der Waals surface area contributed by atoms with Crippen LogP contribution in [0.1, 0.15) is 42.4 Å². The summed E-state index contributed by atoms with van der Waals surface area (Å²) in [5, 5.41) is 8.00. The van der Waals surface area contributed by atoms with Crippen LogP contribution in [-0.2, 0) is 12.4 Å². The fraction of sp³-hybridized carbons (Fsp3) is 0.381. The van der Waals surface area contributed by atoms with Gasteiger partial charge in [-0.25, -0.2) is 9.37 Å². The fourth-order valence-corrected chi connectivity index (χ4v) is 4.88. The Labute approximate surface area is 182 Å². The van der Waals surface area contributed by atoms with Crippen molar-refractivity contribution in [3.05, 3.63) is 65.6 Å². The SMILES string of the molecule is Fc1cccc(-n2cnnc2[C@@H]2[C@H]3CC[C@H](C3)N2c2cc(C(F)(F)F)cc(C(F)(F)F)n2)c1. The van der Waals surface area contributed by atoms with Crippen molar-refractivity contribution in [3.63, 3.8) is 0 Å². The van der Waals surface area contributed by atoms with Gasteiger partial charge in [-0.3, -0.25) is 4.57 Å². The molecule has 2 bridgehead atoms. The van der Waals surface area contributed by atoms with Crippen LogP contribution in [0.3, 0.4) is 0 Å². The van der Waals surface area contributed by atoms with Crippen LogP contribution < -0.4 is 4.90 Å². The van der Waals surface area contributed by atoms with E-state index in [9.17, 15) is 30.7 Å². The van der Waals surface area contributed by atoms with E-state index in [-0.39, 0.29) is 18.0 Å². The number of nitrogens with zero attached hydrogens (tertiary/aromatic N) is 5. The monoisotopic (exact) mass is 471 g/mol. The molecule has 1 aliphatic carbocycles. The first kappa shape index (κ1) is 21.7. The normalized spacial score (nSPS) is 22.9. The van der Waals surface area contributed by atoms with E-state index in [4.69, 9.17) is 0 Å². The van der Waals surface area contributed by atoms with Crippen molar-refractivity contribution in [2.45, 2.75) is 43.7 Å². The van der Waals surface area contributed by atoms with Gasteiger partial charge in [-0.15, -0.1) is 10.2 Å². The third-order valence-corrected chi connectivity index (χ3v) is 6.20. The molecule has 5 nitrogen and oxygen atoms in total. The molecule has 5 rings (SSSR count). The lowest BCUT2D eigenvalue weighted by Crippen LogP contribution is -2.37. The van der Waals surface area contributed by atoms with Crippen LogP contribution in [0.25, 0.3) is 5.69 Å². The zero-order chi connectivity index (χ0) is 23.5. The first-order chi connectivity index (χ1) is 15.5. The Balaban J connectivity index is 1.64. The number of alkyl halides is 6. The number of fused-ring (bicyclic) bond motifs is 2. The van der Waals surface area contributed by atoms with Gasteiger partial charge in [0.05, 0.1) is 17.3 Å². The molecule has 0 N–H and O–H groups in total. The highest BCUT2D eigenvalue weighted by Gasteiger charge is 2.50. The van der Waals surface area contributed by atoms with Gasteiger partial charge in [-0.1, -0.05) is 6.07 Å². The summed E-state index contributed by atoms with van der Waals surface area (Å²) in [7, 11) is 0. The Morgan fingerprint density at radius 2 is 1.73 bits per heavy atom. The second-order valence-electron chi connectivity index (χ2n) is 8.21. The van der Waals surface area contributed by atoms with E-state index in [1.54, 1.807) is 6.07 Å². The van der Waals surface area contributed by atoms with Crippen molar-refractivity contribution in [3.8, 4) is 5.69 Å². The predicted molar refractivity (Wildman–Crippen MR) is 102 cm³/mol. The second-order valence-corrected chi connectivity index (χ2v) is 8.21. The van der Waals surface area contributed by atoms with Gasteiger partial charge in [0.1, 0.15) is 23.7 Å². The molecule has 3 aromatic rings. The molecule has 33 heavy (non-hydrogen) atoms. The van der Waals surface area contributed by atoms with Gasteiger partial charge in [0, 0.05) is 6.04 Å². The molecule has 0 amide bonds. The summed E-state index contributed by atoms with van der Waals surface area (Å²) in [5.41, 5.74) is -2.64. The largest absolute Gasteiger partial charge is 0.433 e. The number of rotatable bonds is 3. The molecular formula is C21H16F7N5. The summed E-state index contributed by atoms with van der Waals surface area (Å²) in [6.45, 7) is 0. The van der Waals surface area contributed by atoms with Crippen LogP contribution in [0.15, 0.2) is 42.7 Å². The zero-order valence-electron chi connectivity index (χ0n) is 16.8. The van der Waals surface area contributed by atoms with Crippen LogP contribution in [-0.4, -0.2) is 25.8 Å². The van der Waals surface area contributed by atoms with E-state index < -0.39 is 41.3 Å². The Morgan fingerprint density at radius 1 is 0.939 bits per heavy atom. The van der Waals surface area contributed by atoms with E-state index in [0.29, 0.717) is 30.4 Å². The van der Waals surface area contributed by atoms with Crippen molar-refractivity contribution >= 4 is 5.82 Å². The number of halogens is 7. The minimum Gasteiger partial charge on any atom is -0.343 e. The number of hydrogen-bond acceptors (Lipinski definition) is 4. The van der Waals surface area contributed by atoms with Gasteiger partial charge in [0.15, 0.2) is 5.82 Å². The maximum Gasteiger partial charge on any atom is 0.433 e. The van der Waals surface area contributed by atoms with Crippen molar-refractivity contribution in [2.24, 2.45) is 5.92 Å². The van der Waals surface area contributed by atoms with Crippen LogP contribution in [0.5, 0.6) is 0 Å². The number of hydrogen-bond donors (Lipinski definition) is 0. The number of benzene rings is 1. The van der Waals surface area contributed by atoms with E-state index in [0.717, 1.165) is 6.42 Å².